The SMILES string of the molecule is CCOCCOC(=O)COc1ccc2oc(-c3ccc(OC)cc3)cc(=O)c2c1. The molecule has 29 heavy (non-hydrogen) atoms. The third-order valence-electron chi connectivity index (χ3n) is 4.12. The Morgan fingerprint density at radius 2 is 1.76 bits per heavy atom. The summed E-state index contributed by atoms with van der Waals surface area (Å²) >= 11 is 0. The van der Waals surface area contributed by atoms with Crippen LogP contribution in [0.15, 0.2) is 57.7 Å². The first-order valence-corrected chi connectivity index (χ1v) is 9.19. The van der Waals surface area contributed by atoms with Gasteiger partial charge in [-0.25, -0.2) is 4.79 Å². The molecule has 3 aromatic rings. The molecule has 0 unspecified atom stereocenters. The lowest BCUT2D eigenvalue weighted by Crippen LogP contribution is -2.17. The van der Waals surface area contributed by atoms with Crippen molar-refractivity contribution in [2.45, 2.75) is 6.92 Å². The summed E-state index contributed by atoms with van der Waals surface area (Å²) in [5.74, 6) is 1.04. The Hall–Kier alpha value is -3.32. The van der Waals surface area contributed by atoms with E-state index >= 15 is 0 Å². The minimum atomic E-state index is -0.508. The summed E-state index contributed by atoms with van der Waals surface area (Å²) in [6.45, 7) is 2.68. The molecule has 0 aliphatic rings. The summed E-state index contributed by atoms with van der Waals surface area (Å²) in [5, 5.41) is 0.365. The number of rotatable bonds is 9. The van der Waals surface area contributed by atoms with Crippen molar-refractivity contribution in [2.75, 3.05) is 33.5 Å². The number of ether oxygens (including phenoxy) is 4. The molecule has 3 rings (SSSR count). The highest BCUT2D eigenvalue weighted by atomic mass is 16.6. The Morgan fingerprint density at radius 3 is 2.48 bits per heavy atom. The number of fused-ring (bicyclic) bond motifs is 1. The first kappa shape index (κ1) is 20.4. The largest absolute Gasteiger partial charge is 0.497 e. The van der Waals surface area contributed by atoms with Gasteiger partial charge in [-0.2, -0.15) is 0 Å². The van der Waals surface area contributed by atoms with Gasteiger partial charge in [-0.05, 0) is 49.4 Å². The van der Waals surface area contributed by atoms with Crippen LogP contribution in [0.25, 0.3) is 22.3 Å². The fourth-order valence-electron chi connectivity index (χ4n) is 2.67. The average molecular weight is 398 g/mol. The van der Waals surface area contributed by atoms with Crippen molar-refractivity contribution < 1.29 is 28.2 Å². The van der Waals surface area contributed by atoms with Gasteiger partial charge in [-0.3, -0.25) is 4.79 Å². The van der Waals surface area contributed by atoms with E-state index in [1.165, 1.54) is 6.07 Å². The van der Waals surface area contributed by atoms with Crippen molar-refractivity contribution in [3.05, 3.63) is 58.8 Å². The van der Waals surface area contributed by atoms with Gasteiger partial charge in [0.05, 0.1) is 19.1 Å². The Morgan fingerprint density at radius 1 is 1.00 bits per heavy atom. The smallest absolute Gasteiger partial charge is 0.344 e. The predicted molar refractivity (Wildman–Crippen MR) is 107 cm³/mol. The van der Waals surface area contributed by atoms with Gasteiger partial charge >= 0.3 is 5.97 Å². The maximum absolute atomic E-state index is 12.5. The fourth-order valence-corrected chi connectivity index (χ4v) is 2.67. The lowest BCUT2D eigenvalue weighted by Gasteiger charge is -2.08. The van der Waals surface area contributed by atoms with E-state index in [2.05, 4.69) is 0 Å². The van der Waals surface area contributed by atoms with E-state index in [4.69, 9.17) is 23.4 Å². The molecule has 7 heteroatoms. The van der Waals surface area contributed by atoms with Crippen LogP contribution >= 0.6 is 0 Å². The number of carbonyl (C=O) groups excluding carboxylic acids is 1. The molecular weight excluding hydrogens is 376 g/mol. The molecular formula is C22H22O7. The first-order chi connectivity index (χ1) is 14.1. The van der Waals surface area contributed by atoms with E-state index in [0.717, 1.165) is 11.3 Å². The second-order valence-corrected chi connectivity index (χ2v) is 6.07. The average Bonchev–Trinajstić information content (AvgIpc) is 2.75. The van der Waals surface area contributed by atoms with Gasteiger partial charge in [0.25, 0.3) is 0 Å². The number of methoxy groups -OCH3 is 1. The standard InChI is InChI=1S/C22H22O7/c1-3-26-10-11-27-22(24)14-28-17-8-9-20-18(12-17)19(23)13-21(29-20)15-4-6-16(25-2)7-5-15/h4-9,12-13H,3,10-11,14H2,1-2H3. The first-order valence-electron chi connectivity index (χ1n) is 9.19. The summed E-state index contributed by atoms with van der Waals surface area (Å²) in [6.07, 6.45) is 0. The highest BCUT2D eigenvalue weighted by molar-refractivity contribution is 5.80. The molecule has 0 spiro atoms. The van der Waals surface area contributed by atoms with Gasteiger partial charge in [0.1, 0.15) is 29.4 Å². The molecule has 0 N–H and O–H groups in total. The number of hydrogen-bond donors (Lipinski definition) is 0. The maximum atomic E-state index is 12.5. The van der Waals surface area contributed by atoms with E-state index in [-0.39, 0.29) is 18.6 Å². The Kier molecular flexibility index (Phi) is 6.86. The molecule has 0 aliphatic carbocycles. The molecule has 1 aromatic heterocycles. The Labute approximate surface area is 167 Å². The monoisotopic (exact) mass is 398 g/mol. The van der Waals surface area contributed by atoms with Crippen LogP contribution in [0, 0.1) is 0 Å². The van der Waals surface area contributed by atoms with Gasteiger partial charge in [0.2, 0.25) is 0 Å². The van der Waals surface area contributed by atoms with Crippen molar-refractivity contribution >= 4 is 16.9 Å². The van der Waals surface area contributed by atoms with Crippen LogP contribution < -0.4 is 14.9 Å². The minimum absolute atomic E-state index is 0.172. The second-order valence-electron chi connectivity index (χ2n) is 6.07. The van der Waals surface area contributed by atoms with Gasteiger partial charge in [-0.15, -0.1) is 0 Å². The molecule has 0 fully saturated rings. The van der Waals surface area contributed by atoms with Crippen LogP contribution in [-0.2, 0) is 14.3 Å². The predicted octanol–water partition coefficient (Wildman–Crippen LogP) is 3.43. The lowest BCUT2D eigenvalue weighted by molar-refractivity contribution is -0.147. The van der Waals surface area contributed by atoms with E-state index in [9.17, 15) is 9.59 Å². The van der Waals surface area contributed by atoms with Crippen LogP contribution in [0.2, 0.25) is 0 Å². The second kappa shape index (κ2) is 9.75. The molecule has 0 radical (unpaired) electrons. The van der Waals surface area contributed by atoms with E-state index < -0.39 is 5.97 Å². The Bertz CT molecular complexity index is 1020. The van der Waals surface area contributed by atoms with Crippen LogP contribution in [0.5, 0.6) is 11.5 Å². The van der Waals surface area contributed by atoms with Gasteiger partial charge in [-0.1, -0.05) is 0 Å². The Balaban J connectivity index is 1.71. The van der Waals surface area contributed by atoms with Crippen molar-refractivity contribution in [3.63, 3.8) is 0 Å². The number of benzene rings is 2. The third-order valence-corrected chi connectivity index (χ3v) is 4.12. The van der Waals surface area contributed by atoms with Crippen molar-refractivity contribution in [1.82, 2.24) is 0 Å². The van der Waals surface area contributed by atoms with Crippen LogP contribution in [0.4, 0.5) is 0 Å². The van der Waals surface area contributed by atoms with Crippen molar-refractivity contribution in [2.24, 2.45) is 0 Å². The van der Waals surface area contributed by atoms with Gasteiger partial charge in [0.15, 0.2) is 12.0 Å². The topological polar surface area (TPSA) is 84.2 Å². The molecule has 0 aliphatic heterocycles. The normalized spacial score (nSPS) is 10.7. The highest BCUT2D eigenvalue weighted by Gasteiger charge is 2.10. The van der Waals surface area contributed by atoms with Crippen LogP contribution in [0.1, 0.15) is 6.92 Å². The molecule has 0 bridgehead atoms. The van der Waals surface area contributed by atoms with Crippen molar-refractivity contribution in [3.8, 4) is 22.8 Å². The molecule has 0 atom stereocenters. The summed E-state index contributed by atoms with van der Waals surface area (Å²) in [7, 11) is 1.59. The molecule has 152 valence electrons. The summed E-state index contributed by atoms with van der Waals surface area (Å²) in [4.78, 5) is 24.2. The van der Waals surface area contributed by atoms with E-state index in [1.54, 1.807) is 37.4 Å². The lowest BCUT2D eigenvalue weighted by atomic mass is 10.1. The molecule has 1 heterocycles. The van der Waals surface area contributed by atoms with Crippen molar-refractivity contribution in [1.29, 1.82) is 0 Å². The zero-order valence-corrected chi connectivity index (χ0v) is 16.3. The maximum Gasteiger partial charge on any atom is 0.344 e. The van der Waals surface area contributed by atoms with Gasteiger partial charge < -0.3 is 23.4 Å². The van der Waals surface area contributed by atoms with Gasteiger partial charge in [0, 0.05) is 18.2 Å². The quantitative estimate of drug-likeness (QED) is 0.403. The molecule has 0 amide bonds. The van der Waals surface area contributed by atoms with Crippen LogP contribution in [0.3, 0.4) is 0 Å². The summed E-state index contributed by atoms with van der Waals surface area (Å²) in [6, 6.07) is 13.5. The zero-order chi connectivity index (χ0) is 20.6. The van der Waals surface area contributed by atoms with E-state index in [1.807, 2.05) is 19.1 Å². The number of esters is 1. The molecule has 0 saturated carbocycles. The third kappa shape index (κ3) is 5.36. The summed E-state index contributed by atoms with van der Waals surface area (Å²) < 4.78 is 26.5. The minimum Gasteiger partial charge on any atom is -0.497 e. The van der Waals surface area contributed by atoms with E-state index in [0.29, 0.717) is 35.7 Å². The summed E-state index contributed by atoms with van der Waals surface area (Å²) in [5.41, 5.74) is 0.983. The van der Waals surface area contributed by atoms with Crippen LogP contribution in [-0.4, -0.2) is 39.5 Å². The molecule has 7 nitrogen and oxygen atoms in total. The number of carbonyl (C=O) groups is 1. The molecule has 2 aromatic carbocycles. The highest BCUT2D eigenvalue weighted by Crippen LogP contribution is 2.26. The zero-order valence-electron chi connectivity index (χ0n) is 16.3. The number of hydrogen-bond acceptors (Lipinski definition) is 7. The molecule has 0 saturated heterocycles. The fraction of sp³-hybridized carbons (Fsp3) is 0.273.